The van der Waals surface area contributed by atoms with Crippen LogP contribution in [0.4, 0.5) is 0 Å². The molecule has 20 heavy (non-hydrogen) atoms. The number of rotatable bonds is 3. The number of carbonyl (C=O) groups excluding carboxylic acids is 1. The molecular weight excluding hydrogens is 366 g/mol. The SMILES string of the molecule is COC(=O)[C@H]1CCCCN1S(=O)(=O)c1cc(Br)sc1C. The van der Waals surface area contributed by atoms with E-state index in [2.05, 4.69) is 15.9 Å². The zero-order chi connectivity index (χ0) is 14.9. The van der Waals surface area contributed by atoms with Gasteiger partial charge in [0.15, 0.2) is 0 Å². The molecule has 1 aliphatic rings. The molecule has 0 unspecified atom stereocenters. The minimum absolute atomic E-state index is 0.269. The Morgan fingerprint density at radius 1 is 1.50 bits per heavy atom. The van der Waals surface area contributed by atoms with Crippen molar-refractivity contribution < 1.29 is 17.9 Å². The van der Waals surface area contributed by atoms with Gasteiger partial charge in [-0.3, -0.25) is 4.79 Å². The lowest BCUT2D eigenvalue weighted by atomic mass is 10.1. The van der Waals surface area contributed by atoms with Crippen molar-refractivity contribution in [3.05, 3.63) is 14.7 Å². The predicted molar refractivity (Wildman–Crippen MR) is 80.3 cm³/mol. The summed E-state index contributed by atoms with van der Waals surface area (Å²) in [5.41, 5.74) is 0. The third kappa shape index (κ3) is 2.93. The molecule has 1 aromatic heterocycles. The highest BCUT2D eigenvalue weighted by Gasteiger charge is 2.39. The van der Waals surface area contributed by atoms with Crippen LogP contribution in [-0.4, -0.2) is 38.4 Å². The fraction of sp³-hybridized carbons (Fsp3) is 0.583. The average molecular weight is 382 g/mol. The topological polar surface area (TPSA) is 63.7 Å². The molecule has 5 nitrogen and oxygen atoms in total. The zero-order valence-corrected chi connectivity index (χ0v) is 14.5. The Morgan fingerprint density at radius 2 is 2.20 bits per heavy atom. The molecule has 8 heteroatoms. The molecule has 1 aliphatic heterocycles. The highest BCUT2D eigenvalue weighted by molar-refractivity contribution is 9.11. The number of methoxy groups -OCH3 is 1. The Kier molecular flexibility index (Phi) is 4.88. The lowest BCUT2D eigenvalue weighted by Gasteiger charge is -2.32. The van der Waals surface area contributed by atoms with Gasteiger partial charge < -0.3 is 4.74 Å². The second-order valence-electron chi connectivity index (χ2n) is 4.62. The standard InChI is InChI=1S/C12H16BrNO4S2/c1-8-10(7-11(13)19-8)20(16,17)14-6-4-3-5-9(14)12(15)18-2/h7,9H,3-6H2,1-2H3/t9-/m1/s1. The average Bonchev–Trinajstić information content (AvgIpc) is 2.77. The molecule has 2 heterocycles. The summed E-state index contributed by atoms with van der Waals surface area (Å²) >= 11 is 4.67. The predicted octanol–water partition coefficient (Wildman–Crippen LogP) is 2.54. The Balaban J connectivity index is 2.40. The van der Waals surface area contributed by atoms with E-state index in [1.165, 1.54) is 22.8 Å². The Hall–Kier alpha value is -0.440. The van der Waals surface area contributed by atoms with Crippen molar-refractivity contribution in [2.75, 3.05) is 13.7 Å². The molecule has 1 atom stereocenters. The van der Waals surface area contributed by atoms with Crippen LogP contribution >= 0.6 is 27.3 Å². The van der Waals surface area contributed by atoms with Gasteiger partial charge in [-0.15, -0.1) is 11.3 Å². The van der Waals surface area contributed by atoms with Gasteiger partial charge in [-0.05, 0) is 48.2 Å². The number of piperidine rings is 1. The molecule has 0 radical (unpaired) electrons. The highest BCUT2D eigenvalue weighted by Crippen LogP contribution is 2.34. The highest BCUT2D eigenvalue weighted by atomic mass is 79.9. The van der Waals surface area contributed by atoms with Crippen molar-refractivity contribution in [2.24, 2.45) is 0 Å². The first-order valence-corrected chi connectivity index (χ1v) is 9.28. The maximum absolute atomic E-state index is 12.8. The van der Waals surface area contributed by atoms with Gasteiger partial charge in [0, 0.05) is 11.4 Å². The van der Waals surface area contributed by atoms with Gasteiger partial charge >= 0.3 is 5.97 Å². The van der Waals surface area contributed by atoms with Gasteiger partial charge in [-0.25, -0.2) is 8.42 Å². The lowest BCUT2D eigenvalue weighted by molar-refractivity contribution is -0.146. The minimum atomic E-state index is -3.66. The Morgan fingerprint density at radius 3 is 2.75 bits per heavy atom. The van der Waals surface area contributed by atoms with E-state index in [9.17, 15) is 13.2 Å². The van der Waals surface area contributed by atoms with Crippen LogP contribution in [0.25, 0.3) is 0 Å². The largest absolute Gasteiger partial charge is 0.468 e. The summed E-state index contributed by atoms with van der Waals surface area (Å²) in [5.74, 6) is -0.486. The van der Waals surface area contributed by atoms with E-state index in [0.717, 1.165) is 16.6 Å². The number of esters is 1. The van der Waals surface area contributed by atoms with E-state index in [4.69, 9.17) is 4.74 Å². The molecule has 0 aromatic carbocycles. The fourth-order valence-electron chi connectivity index (χ4n) is 2.38. The van der Waals surface area contributed by atoms with E-state index in [1.807, 2.05) is 0 Å². The van der Waals surface area contributed by atoms with Crippen LogP contribution in [0.3, 0.4) is 0 Å². The van der Waals surface area contributed by atoms with Crippen molar-refractivity contribution >= 4 is 43.3 Å². The number of ether oxygens (including phenoxy) is 1. The maximum atomic E-state index is 12.8. The molecule has 0 aliphatic carbocycles. The summed E-state index contributed by atoms with van der Waals surface area (Å²) in [6, 6.07) is 0.884. The van der Waals surface area contributed by atoms with E-state index in [-0.39, 0.29) is 4.90 Å². The quantitative estimate of drug-likeness (QED) is 0.754. The monoisotopic (exact) mass is 381 g/mol. The minimum Gasteiger partial charge on any atom is -0.468 e. The first-order valence-electron chi connectivity index (χ1n) is 6.23. The fourth-order valence-corrected chi connectivity index (χ4v) is 6.41. The lowest BCUT2D eigenvalue weighted by Crippen LogP contribution is -2.48. The number of thiophene rings is 1. The van der Waals surface area contributed by atoms with Crippen molar-refractivity contribution in [1.82, 2.24) is 4.31 Å². The molecule has 0 N–H and O–H groups in total. The molecule has 0 amide bonds. The van der Waals surface area contributed by atoms with E-state index in [0.29, 0.717) is 17.8 Å². The summed E-state index contributed by atoms with van der Waals surface area (Å²) in [4.78, 5) is 12.8. The maximum Gasteiger partial charge on any atom is 0.324 e. The normalized spacial score (nSPS) is 20.9. The first kappa shape index (κ1) is 15.9. The Labute approximate surface area is 131 Å². The molecule has 1 saturated heterocycles. The zero-order valence-electron chi connectivity index (χ0n) is 11.3. The van der Waals surface area contributed by atoms with Crippen molar-refractivity contribution in [3.8, 4) is 0 Å². The molecule has 2 rings (SSSR count). The number of hydrogen-bond acceptors (Lipinski definition) is 5. The van der Waals surface area contributed by atoms with Gasteiger partial charge in [0.2, 0.25) is 10.0 Å². The van der Waals surface area contributed by atoms with Gasteiger partial charge in [0.1, 0.15) is 6.04 Å². The van der Waals surface area contributed by atoms with E-state index >= 15 is 0 Å². The number of sulfonamides is 1. The summed E-state index contributed by atoms with van der Waals surface area (Å²) in [6.45, 7) is 2.12. The molecule has 0 saturated carbocycles. The van der Waals surface area contributed by atoms with Gasteiger partial charge in [0.25, 0.3) is 0 Å². The molecule has 1 aromatic rings. The summed E-state index contributed by atoms with van der Waals surface area (Å²) in [7, 11) is -2.38. The smallest absolute Gasteiger partial charge is 0.324 e. The summed E-state index contributed by atoms with van der Waals surface area (Å²) in [6.07, 6.45) is 2.10. The number of halogens is 1. The number of hydrogen-bond donors (Lipinski definition) is 0. The van der Waals surface area contributed by atoms with Crippen LogP contribution in [0, 0.1) is 6.92 Å². The molecule has 1 fully saturated rings. The van der Waals surface area contributed by atoms with Crippen LogP contribution in [0.15, 0.2) is 14.7 Å². The molecular formula is C12H16BrNO4S2. The molecule has 0 spiro atoms. The number of nitrogens with zero attached hydrogens (tertiary/aromatic N) is 1. The molecule has 0 bridgehead atoms. The molecule has 112 valence electrons. The second kappa shape index (κ2) is 6.13. The van der Waals surface area contributed by atoms with Crippen molar-refractivity contribution in [1.29, 1.82) is 0 Å². The van der Waals surface area contributed by atoms with E-state index < -0.39 is 22.0 Å². The summed E-state index contributed by atoms with van der Waals surface area (Å²) in [5, 5.41) is 0. The summed E-state index contributed by atoms with van der Waals surface area (Å²) < 4.78 is 32.3. The van der Waals surface area contributed by atoms with Crippen molar-refractivity contribution in [2.45, 2.75) is 37.1 Å². The van der Waals surface area contributed by atoms with E-state index in [1.54, 1.807) is 13.0 Å². The second-order valence-corrected chi connectivity index (χ2v) is 9.12. The van der Waals surface area contributed by atoms with Crippen LogP contribution in [0.2, 0.25) is 0 Å². The third-order valence-corrected chi connectivity index (χ3v) is 7.07. The van der Waals surface area contributed by atoms with Gasteiger partial charge in [-0.2, -0.15) is 4.31 Å². The van der Waals surface area contributed by atoms with Crippen LogP contribution in [-0.2, 0) is 19.6 Å². The first-order chi connectivity index (χ1) is 9.37. The Bertz CT molecular complexity index is 611. The van der Waals surface area contributed by atoms with Crippen LogP contribution in [0.5, 0.6) is 0 Å². The van der Waals surface area contributed by atoms with Gasteiger partial charge in [-0.1, -0.05) is 0 Å². The van der Waals surface area contributed by atoms with Crippen LogP contribution in [0.1, 0.15) is 24.1 Å². The number of carbonyl (C=O) groups is 1. The van der Waals surface area contributed by atoms with Crippen LogP contribution < -0.4 is 0 Å². The number of aryl methyl sites for hydroxylation is 1. The van der Waals surface area contributed by atoms with Gasteiger partial charge in [0.05, 0.1) is 15.8 Å². The van der Waals surface area contributed by atoms with Crippen molar-refractivity contribution in [3.63, 3.8) is 0 Å². The third-order valence-electron chi connectivity index (χ3n) is 3.36.